The van der Waals surface area contributed by atoms with Crippen molar-refractivity contribution in [2.45, 2.75) is 19.4 Å². The van der Waals surface area contributed by atoms with Gasteiger partial charge in [-0.2, -0.15) is 4.37 Å². The molecule has 12 heavy (non-hydrogen) atoms. The van der Waals surface area contributed by atoms with Crippen LogP contribution in [0.25, 0.3) is 0 Å². The molecule has 1 heterocycles. The molecule has 0 bridgehead atoms. The van der Waals surface area contributed by atoms with Crippen LogP contribution in [0.5, 0.6) is 0 Å². The fourth-order valence-corrected chi connectivity index (χ4v) is 1.34. The quantitative estimate of drug-likeness (QED) is 0.725. The molecule has 1 amide bonds. The molecular weight excluding hydrogens is 178 g/mol. The zero-order valence-corrected chi connectivity index (χ0v) is 7.55. The standard InChI is InChI=1S/C6H9N3O2S/c1-6(2,8-5(10)11)4-7-3-12-9-4/h3,8H,1-2H3,(H,10,11). The lowest BCUT2D eigenvalue weighted by atomic mass is 10.1. The largest absolute Gasteiger partial charge is 0.465 e. The summed E-state index contributed by atoms with van der Waals surface area (Å²) in [4.78, 5) is 14.3. The fraction of sp³-hybridized carbons (Fsp3) is 0.500. The van der Waals surface area contributed by atoms with Crippen LogP contribution in [0.3, 0.4) is 0 Å². The van der Waals surface area contributed by atoms with Crippen LogP contribution in [0, 0.1) is 0 Å². The van der Waals surface area contributed by atoms with Crippen molar-refractivity contribution >= 4 is 17.6 Å². The molecule has 0 aliphatic heterocycles. The zero-order chi connectivity index (χ0) is 9.19. The van der Waals surface area contributed by atoms with Crippen LogP contribution in [0.1, 0.15) is 19.7 Å². The lowest BCUT2D eigenvalue weighted by Crippen LogP contribution is -2.40. The van der Waals surface area contributed by atoms with Gasteiger partial charge in [-0.1, -0.05) is 0 Å². The molecule has 0 spiro atoms. The molecule has 2 N–H and O–H groups in total. The summed E-state index contributed by atoms with van der Waals surface area (Å²) in [6.07, 6.45) is -1.07. The Kier molecular flexibility index (Phi) is 2.27. The van der Waals surface area contributed by atoms with Gasteiger partial charge in [0, 0.05) is 0 Å². The van der Waals surface area contributed by atoms with Gasteiger partial charge in [0.05, 0.1) is 5.54 Å². The highest BCUT2D eigenvalue weighted by molar-refractivity contribution is 7.03. The van der Waals surface area contributed by atoms with E-state index in [2.05, 4.69) is 14.7 Å². The molecule has 6 heteroatoms. The van der Waals surface area contributed by atoms with Crippen LogP contribution >= 0.6 is 11.5 Å². The second-order valence-electron chi connectivity index (χ2n) is 2.81. The van der Waals surface area contributed by atoms with E-state index >= 15 is 0 Å². The van der Waals surface area contributed by atoms with E-state index in [9.17, 15) is 4.79 Å². The summed E-state index contributed by atoms with van der Waals surface area (Å²) >= 11 is 1.20. The van der Waals surface area contributed by atoms with Crippen LogP contribution < -0.4 is 5.32 Å². The van der Waals surface area contributed by atoms with Crippen LogP contribution in [-0.2, 0) is 5.54 Å². The molecular formula is C6H9N3O2S. The Morgan fingerprint density at radius 2 is 2.42 bits per heavy atom. The Morgan fingerprint density at radius 1 is 1.75 bits per heavy atom. The van der Waals surface area contributed by atoms with Crippen molar-refractivity contribution in [1.82, 2.24) is 14.7 Å². The number of amides is 1. The first kappa shape index (κ1) is 8.92. The Bertz CT molecular complexity index is 270. The second kappa shape index (κ2) is 3.06. The molecule has 5 nitrogen and oxygen atoms in total. The maximum Gasteiger partial charge on any atom is 0.405 e. The minimum absolute atomic E-state index is 0.495. The maximum absolute atomic E-state index is 10.3. The Labute approximate surface area is 73.6 Å². The number of carbonyl (C=O) groups is 1. The third-order valence-electron chi connectivity index (χ3n) is 1.34. The summed E-state index contributed by atoms with van der Waals surface area (Å²) in [7, 11) is 0. The van der Waals surface area contributed by atoms with Crippen LogP contribution in [0.15, 0.2) is 5.51 Å². The molecule has 1 rings (SSSR count). The minimum atomic E-state index is -1.07. The first-order valence-electron chi connectivity index (χ1n) is 3.30. The van der Waals surface area contributed by atoms with Gasteiger partial charge < -0.3 is 10.4 Å². The second-order valence-corrected chi connectivity index (χ2v) is 3.41. The molecule has 0 aliphatic rings. The molecule has 0 aliphatic carbocycles. The monoisotopic (exact) mass is 187 g/mol. The third-order valence-corrected chi connectivity index (χ3v) is 1.82. The van der Waals surface area contributed by atoms with Crippen LogP contribution in [-0.4, -0.2) is 20.6 Å². The van der Waals surface area contributed by atoms with Crippen molar-refractivity contribution in [3.8, 4) is 0 Å². The van der Waals surface area contributed by atoms with Crippen molar-refractivity contribution in [2.24, 2.45) is 0 Å². The predicted octanol–water partition coefficient (Wildman–Crippen LogP) is 1.04. The van der Waals surface area contributed by atoms with Gasteiger partial charge in [0.15, 0.2) is 5.82 Å². The molecule has 0 fully saturated rings. The predicted molar refractivity (Wildman–Crippen MR) is 44.1 cm³/mol. The summed E-state index contributed by atoms with van der Waals surface area (Å²) in [6.45, 7) is 3.42. The van der Waals surface area contributed by atoms with Gasteiger partial charge in [-0.3, -0.25) is 0 Å². The van der Waals surface area contributed by atoms with Crippen molar-refractivity contribution in [1.29, 1.82) is 0 Å². The van der Waals surface area contributed by atoms with Crippen LogP contribution in [0.4, 0.5) is 4.79 Å². The highest BCUT2D eigenvalue weighted by Gasteiger charge is 2.25. The zero-order valence-electron chi connectivity index (χ0n) is 6.74. The molecule has 0 atom stereocenters. The van der Waals surface area contributed by atoms with Gasteiger partial charge in [-0.15, -0.1) is 0 Å². The van der Waals surface area contributed by atoms with Gasteiger partial charge in [-0.05, 0) is 25.4 Å². The Hall–Kier alpha value is -1.17. The van der Waals surface area contributed by atoms with Crippen molar-refractivity contribution in [3.05, 3.63) is 11.3 Å². The van der Waals surface area contributed by atoms with Crippen molar-refractivity contribution < 1.29 is 9.90 Å². The minimum Gasteiger partial charge on any atom is -0.465 e. The first-order chi connectivity index (χ1) is 5.52. The van der Waals surface area contributed by atoms with E-state index < -0.39 is 11.6 Å². The Balaban J connectivity index is 2.79. The van der Waals surface area contributed by atoms with E-state index in [0.717, 1.165) is 0 Å². The number of carboxylic acid groups (broad SMARTS) is 1. The molecule has 0 saturated heterocycles. The average molecular weight is 187 g/mol. The van der Waals surface area contributed by atoms with Crippen molar-refractivity contribution in [3.63, 3.8) is 0 Å². The van der Waals surface area contributed by atoms with E-state index in [1.165, 1.54) is 11.5 Å². The van der Waals surface area contributed by atoms with Gasteiger partial charge in [0.1, 0.15) is 5.51 Å². The van der Waals surface area contributed by atoms with Crippen LogP contribution in [0.2, 0.25) is 0 Å². The van der Waals surface area contributed by atoms with E-state index in [-0.39, 0.29) is 0 Å². The molecule has 0 radical (unpaired) electrons. The average Bonchev–Trinajstić information content (AvgIpc) is 2.32. The molecule has 1 aromatic heterocycles. The normalized spacial score (nSPS) is 11.2. The third kappa shape index (κ3) is 1.91. The highest BCUT2D eigenvalue weighted by Crippen LogP contribution is 2.15. The summed E-state index contributed by atoms with van der Waals surface area (Å²) in [6, 6.07) is 0. The number of nitrogens with one attached hydrogen (secondary N) is 1. The Morgan fingerprint density at radius 3 is 2.83 bits per heavy atom. The molecule has 0 saturated carbocycles. The SMILES string of the molecule is CC(C)(NC(=O)O)c1ncsn1. The number of nitrogens with zero attached hydrogens (tertiary/aromatic N) is 2. The summed E-state index contributed by atoms with van der Waals surface area (Å²) in [5.74, 6) is 0.495. The maximum atomic E-state index is 10.3. The number of hydrogen-bond acceptors (Lipinski definition) is 4. The number of hydrogen-bond donors (Lipinski definition) is 2. The highest BCUT2D eigenvalue weighted by atomic mass is 32.1. The number of aromatic nitrogens is 2. The topological polar surface area (TPSA) is 75.1 Å². The lowest BCUT2D eigenvalue weighted by molar-refractivity contribution is 0.181. The van der Waals surface area contributed by atoms with Gasteiger partial charge in [-0.25, -0.2) is 9.78 Å². The summed E-state index contributed by atoms with van der Waals surface area (Å²) in [5.41, 5.74) is 0.854. The fourth-order valence-electron chi connectivity index (χ4n) is 0.769. The van der Waals surface area contributed by atoms with E-state index in [4.69, 9.17) is 5.11 Å². The van der Waals surface area contributed by atoms with Gasteiger partial charge in [0.25, 0.3) is 0 Å². The van der Waals surface area contributed by atoms with E-state index in [1.54, 1.807) is 19.4 Å². The summed E-state index contributed by atoms with van der Waals surface area (Å²) in [5, 5.41) is 10.8. The van der Waals surface area contributed by atoms with Gasteiger partial charge in [0.2, 0.25) is 0 Å². The molecule has 66 valence electrons. The summed E-state index contributed by atoms with van der Waals surface area (Å²) < 4.78 is 3.95. The van der Waals surface area contributed by atoms with E-state index in [1.807, 2.05) is 0 Å². The van der Waals surface area contributed by atoms with Crippen molar-refractivity contribution in [2.75, 3.05) is 0 Å². The van der Waals surface area contributed by atoms with Gasteiger partial charge >= 0.3 is 6.09 Å². The molecule has 0 unspecified atom stereocenters. The molecule has 1 aromatic rings. The molecule has 0 aromatic carbocycles. The lowest BCUT2D eigenvalue weighted by Gasteiger charge is -2.20. The number of rotatable bonds is 2. The smallest absolute Gasteiger partial charge is 0.405 e. The van der Waals surface area contributed by atoms with E-state index in [0.29, 0.717) is 5.82 Å². The first-order valence-corrected chi connectivity index (χ1v) is 4.14.